The summed E-state index contributed by atoms with van der Waals surface area (Å²) in [7, 11) is 0. The zero-order valence-electron chi connectivity index (χ0n) is 5.26. The van der Waals surface area contributed by atoms with E-state index in [1.165, 1.54) is 0 Å². The average molecular weight is 144 g/mol. The molecule has 3 amide bonds. The fourth-order valence-electron chi connectivity index (χ4n) is 0.295. The molecule has 0 aliphatic carbocycles. The minimum absolute atomic E-state index is 0.700. The van der Waals surface area contributed by atoms with Gasteiger partial charge in [-0.3, -0.25) is 10.1 Å². The van der Waals surface area contributed by atoms with Crippen molar-refractivity contribution in [1.82, 2.24) is 10.6 Å². The van der Waals surface area contributed by atoms with Crippen molar-refractivity contribution < 1.29 is 14.7 Å². The number of amides is 3. The Hall–Kier alpha value is -1.36. The van der Waals surface area contributed by atoms with Gasteiger partial charge in [0.2, 0.25) is 0 Å². The number of carbonyl (C=O) groups is 2. The Morgan fingerprint density at radius 3 is 2.60 bits per heavy atom. The molecule has 3 N–H and O–H groups in total. The Kier molecular flexibility index (Phi) is 3.90. The average Bonchev–Trinajstić information content (AvgIpc) is 1.88. The predicted octanol–water partition coefficient (Wildman–Crippen LogP) is -1.05. The van der Waals surface area contributed by atoms with E-state index in [0.717, 1.165) is 6.20 Å². The quantitative estimate of drug-likeness (QED) is 0.462. The first kappa shape index (κ1) is 8.64. The summed E-state index contributed by atoms with van der Waals surface area (Å²) in [6.07, 6.45) is 1.12. The summed E-state index contributed by atoms with van der Waals surface area (Å²) in [5, 5.41) is 12.0. The summed E-state index contributed by atoms with van der Waals surface area (Å²) < 4.78 is 0. The SMILES string of the molecule is C=CNC(=O)NC(=O)CO. The highest BCUT2D eigenvalue weighted by atomic mass is 16.3. The number of urea groups is 1. The van der Waals surface area contributed by atoms with Crippen molar-refractivity contribution in [3.05, 3.63) is 12.8 Å². The monoisotopic (exact) mass is 144 g/mol. The minimum Gasteiger partial charge on any atom is -0.387 e. The van der Waals surface area contributed by atoms with Gasteiger partial charge in [-0.25, -0.2) is 4.79 Å². The minimum atomic E-state index is -0.751. The highest BCUT2D eigenvalue weighted by molar-refractivity contribution is 5.95. The van der Waals surface area contributed by atoms with Gasteiger partial charge in [-0.2, -0.15) is 0 Å². The highest BCUT2D eigenvalue weighted by Gasteiger charge is 2.01. The molecule has 0 aliphatic heterocycles. The van der Waals surface area contributed by atoms with Crippen molar-refractivity contribution in [2.45, 2.75) is 0 Å². The van der Waals surface area contributed by atoms with Crippen molar-refractivity contribution in [3.8, 4) is 0 Å². The van der Waals surface area contributed by atoms with Crippen LogP contribution < -0.4 is 10.6 Å². The lowest BCUT2D eigenvalue weighted by molar-refractivity contribution is -0.122. The summed E-state index contributed by atoms with van der Waals surface area (Å²) in [4.78, 5) is 20.6. The summed E-state index contributed by atoms with van der Waals surface area (Å²) in [6, 6.07) is -0.700. The van der Waals surface area contributed by atoms with E-state index in [1.807, 2.05) is 5.32 Å². The van der Waals surface area contributed by atoms with E-state index in [-0.39, 0.29) is 0 Å². The van der Waals surface area contributed by atoms with E-state index in [2.05, 4.69) is 11.9 Å². The zero-order chi connectivity index (χ0) is 7.98. The molecule has 0 saturated carbocycles. The van der Waals surface area contributed by atoms with Crippen LogP contribution in [0.4, 0.5) is 4.79 Å². The van der Waals surface area contributed by atoms with Crippen LogP contribution in [0.1, 0.15) is 0 Å². The van der Waals surface area contributed by atoms with Crippen molar-refractivity contribution in [1.29, 1.82) is 0 Å². The summed E-state index contributed by atoms with van der Waals surface area (Å²) in [6.45, 7) is 2.48. The van der Waals surface area contributed by atoms with Crippen LogP contribution in [0.25, 0.3) is 0 Å². The zero-order valence-corrected chi connectivity index (χ0v) is 5.26. The van der Waals surface area contributed by atoms with Gasteiger partial charge in [0.15, 0.2) is 0 Å². The van der Waals surface area contributed by atoms with Gasteiger partial charge in [0, 0.05) is 0 Å². The molecule has 10 heavy (non-hydrogen) atoms. The van der Waals surface area contributed by atoms with Gasteiger partial charge in [0.25, 0.3) is 5.91 Å². The normalized spacial score (nSPS) is 8.10. The molecule has 0 radical (unpaired) electrons. The van der Waals surface area contributed by atoms with Crippen LogP contribution in [0, 0.1) is 0 Å². The number of nitrogens with one attached hydrogen (secondary N) is 2. The number of hydrogen-bond acceptors (Lipinski definition) is 3. The van der Waals surface area contributed by atoms with Gasteiger partial charge in [-0.05, 0) is 6.20 Å². The molecule has 5 heteroatoms. The number of carbonyl (C=O) groups excluding carboxylic acids is 2. The van der Waals surface area contributed by atoms with Crippen LogP contribution in [0.15, 0.2) is 12.8 Å². The van der Waals surface area contributed by atoms with E-state index < -0.39 is 18.5 Å². The molecule has 0 aromatic rings. The lowest BCUT2D eigenvalue weighted by Gasteiger charge is -1.98. The van der Waals surface area contributed by atoms with Crippen molar-refractivity contribution in [3.63, 3.8) is 0 Å². The first-order valence-corrected chi connectivity index (χ1v) is 2.52. The molecule has 0 spiro atoms. The lowest BCUT2D eigenvalue weighted by Crippen LogP contribution is -2.38. The number of hydrogen-bond donors (Lipinski definition) is 3. The molecule has 0 aromatic heterocycles. The fraction of sp³-hybridized carbons (Fsp3) is 0.200. The van der Waals surface area contributed by atoms with Gasteiger partial charge in [-0.1, -0.05) is 6.58 Å². The Bertz CT molecular complexity index is 155. The molecule has 5 nitrogen and oxygen atoms in total. The van der Waals surface area contributed by atoms with E-state index in [0.29, 0.717) is 0 Å². The lowest BCUT2D eigenvalue weighted by atomic mass is 10.6. The second-order valence-electron chi connectivity index (χ2n) is 1.38. The second-order valence-corrected chi connectivity index (χ2v) is 1.38. The van der Waals surface area contributed by atoms with Gasteiger partial charge in [-0.15, -0.1) is 0 Å². The van der Waals surface area contributed by atoms with Crippen LogP contribution in [0.3, 0.4) is 0 Å². The third-order valence-corrected chi connectivity index (χ3v) is 0.630. The molecular weight excluding hydrogens is 136 g/mol. The molecule has 56 valence electrons. The molecule has 0 saturated heterocycles. The van der Waals surface area contributed by atoms with Gasteiger partial charge in [0.1, 0.15) is 6.61 Å². The molecular formula is C5H8N2O3. The Morgan fingerprint density at radius 2 is 2.20 bits per heavy atom. The van der Waals surface area contributed by atoms with Gasteiger partial charge < -0.3 is 10.4 Å². The third-order valence-electron chi connectivity index (χ3n) is 0.630. The fourth-order valence-corrected chi connectivity index (χ4v) is 0.295. The summed E-state index contributed by atoms with van der Waals surface area (Å²) in [5.41, 5.74) is 0. The largest absolute Gasteiger partial charge is 0.387 e. The Morgan fingerprint density at radius 1 is 1.60 bits per heavy atom. The highest BCUT2D eigenvalue weighted by Crippen LogP contribution is 1.65. The molecule has 0 atom stereocenters. The number of rotatable bonds is 2. The van der Waals surface area contributed by atoms with Crippen molar-refractivity contribution in [2.24, 2.45) is 0 Å². The summed E-state index contributed by atoms with van der Waals surface area (Å²) >= 11 is 0. The smallest absolute Gasteiger partial charge is 0.325 e. The standard InChI is InChI=1S/C5H8N2O3/c1-2-6-5(10)7-4(9)3-8/h2,8H,1,3H2,(H2,6,7,9,10). The molecule has 0 heterocycles. The molecule has 0 aliphatic rings. The molecule has 0 aromatic carbocycles. The van der Waals surface area contributed by atoms with E-state index in [1.54, 1.807) is 0 Å². The van der Waals surface area contributed by atoms with Gasteiger partial charge in [0.05, 0.1) is 0 Å². The third kappa shape index (κ3) is 3.62. The van der Waals surface area contributed by atoms with Crippen molar-refractivity contribution >= 4 is 11.9 Å². The van der Waals surface area contributed by atoms with Crippen molar-refractivity contribution in [2.75, 3.05) is 6.61 Å². The molecule has 0 bridgehead atoms. The summed E-state index contributed by atoms with van der Waals surface area (Å²) in [5.74, 6) is -0.751. The van der Waals surface area contributed by atoms with Gasteiger partial charge >= 0.3 is 6.03 Å². The number of aliphatic hydroxyl groups is 1. The topological polar surface area (TPSA) is 78.4 Å². The number of aliphatic hydroxyl groups excluding tert-OH is 1. The van der Waals surface area contributed by atoms with E-state index in [9.17, 15) is 9.59 Å². The molecule has 0 fully saturated rings. The first-order valence-electron chi connectivity index (χ1n) is 2.52. The van der Waals surface area contributed by atoms with Crippen LogP contribution in [0.5, 0.6) is 0 Å². The molecule has 0 unspecified atom stereocenters. The van der Waals surface area contributed by atoms with E-state index >= 15 is 0 Å². The van der Waals surface area contributed by atoms with Crippen LogP contribution >= 0.6 is 0 Å². The Labute approximate surface area is 57.7 Å². The number of imide groups is 1. The van der Waals surface area contributed by atoms with Crippen LogP contribution in [-0.4, -0.2) is 23.7 Å². The predicted molar refractivity (Wildman–Crippen MR) is 34.0 cm³/mol. The van der Waals surface area contributed by atoms with Crippen LogP contribution in [0.2, 0.25) is 0 Å². The van der Waals surface area contributed by atoms with Crippen LogP contribution in [-0.2, 0) is 4.79 Å². The molecule has 0 rings (SSSR count). The first-order chi connectivity index (χ1) is 4.70. The maximum Gasteiger partial charge on any atom is 0.325 e. The second kappa shape index (κ2) is 4.51. The maximum atomic E-state index is 10.4. The van der Waals surface area contributed by atoms with E-state index in [4.69, 9.17) is 5.11 Å². The Balaban J connectivity index is 3.57. The maximum absolute atomic E-state index is 10.4.